The third-order valence-electron chi connectivity index (χ3n) is 1.15. The topological polar surface area (TPSA) is 96.0 Å². The SMILES string of the molecule is COC.COC(C)=O.COC(C)=O.CSC.CSC(C)=O.CSC(C)=O. The standard InChI is InChI=1S/2C3H6O2.2C3H6OS.C2H6O.C2H6S/c4*1-3(4)5-2;2*1-3-2/h4*1-2H3;2*1-2H3. The Labute approximate surface area is 172 Å². The van der Waals surface area contributed by atoms with Gasteiger partial charge in [-0.05, 0) is 25.0 Å². The number of esters is 2. The van der Waals surface area contributed by atoms with Gasteiger partial charge < -0.3 is 14.2 Å². The van der Waals surface area contributed by atoms with E-state index in [1.165, 1.54) is 51.6 Å². The summed E-state index contributed by atoms with van der Waals surface area (Å²) in [6, 6.07) is 0. The number of carbonyl (C=O) groups is 4. The molecule has 0 rings (SSSR count). The molecule has 0 N–H and O–H groups in total. The Balaban J connectivity index is -0.0000000468. The first-order valence-electron chi connectivity index (χ1n) is 6.90. The summed E-state index contributed by atoms with van der Waals surface area (Å²) < 4.78 is 12.5. The fourth-order valence-electron chi connectivity index (χ4n) is 0. The molecule has 0 amide bonds. The van der Waals surface area contributed by atoms with Crippen LogP contribution < -0.4 is 0 Å². The Bertz CT molecular complexity index is 254. The van der Waals surface area contributed by atoms with E-state index in [9.17, 15) is 19.2 Å². The van der Waals surface area contributed by atoms with Crippen LogP contribution in [-0.4, -0.2) is 75.6 Å². The van der Waals surface area contributed by atoms with Gasteiger partial charge >= 0.3 is 11.9 Å². The molecule has 0 radical (unpaired) electrons. The molecular weight excluding hydrogens is 400 g/mol. The van der Waals surface area contributed by atoms with Gasteiger partial charge in [0.05, 0.1) is 14.2 Å². The summed E-state index contributed by atoms with van der Waals surface area (Å²) in [5, 5.41) is 0.343. The molecule has 0 saturated heterocycles. The van der Waals surface area contributed by atoms with E-state index in [0.717, 1.165) is 0 Å². The van der Waals surface area contributed by atoms with Crippen LogP contribution >= 0.6 is 35.3 Å². The minimum Gasteiger partial charge on any atom is -0.469 e. The van der Waals surface area contributed by atoms with Crippen molar-refractivity contribution in [3.63, 3.8) is 0 Å². The predicted octanol–water partition coefficient (Wildman–Crippen LogP) is 3.39. The van der Waals surface area contributed by atoms with Gasteiger partial charge in [-0.2, -0.15) is 11.8 Å². The van der Waals surface area contributed by atoms with Crippen molar-refractivity contribution >= 4 is 57.5 Å². The van der Waals surface area contributed by atoms with Crippen LogP contribution in [0.15, 0.2) is 0 Å². The molecule has 0 unspecified atom stereocenters. The number of ether oxygens (including phenoxy) is 3. The maximum atomic E-state index is 9.78. The Morgan fingerprint density at radius 2 is 0.654 bits per heavy atom. The lowest BCUT2D eigenvalue weighted by Gasteiger charge is -1.80. The van der Waals surface area contributed by atoms with Crippen molar-refractivity contribution in [2.45, 2.75) is 27.7 Å². The highest BCUT2D eigenvalue weighted by atomic mass is 32.2. The van der Waals surface area contributed by atoms with Crippen molar-refractivity contribution in [2.24, 2.45) is 0 Å². The quantitative estimate of drug-likeness (QED) is 0.526. The van der Waals surface area contributed by atoms with E-state index < -0.39 is 0 Å². The molecule has 0 heterocycles. The van der Waals surface area contributed by atoms with Crippen molar-refractivity contribution in [2.75, 3.05) is 53.5 Å². The Morgan fingerprint density at radius 3 is 0.654 bits per heavy atom. The molecule has 0 aliphatic rings. The van der Waals surface area contributed by atoms with E-state index in [4.69, 9.17) is 0 Å². The van der Waals surface area contributed by atoms with E-state index in [1.807, 2.05) is 12.5 Å². The summed E-state index contributed by atoms with van der Waals surface area (Å²) in [4.78, 5) is 38.7. The van der Waals surface area contributed by atoms with Crippen molar-refractivity contribution in [3.05, 3.63) is 0 Å². The molecule has 10 heteroatoms. The maximum absolute atomic E-state index is 9.78. The highest BCUT2D eigenvalue weighted by Gasteiger charge is 1.78. The summed E-state index contributed by atoms with van der Waals surface area (Å²) in [6.07, 6.45) is 7.62. The van der Waals surface area contributed by atoms with Gasteiger partial charge in [-0.1, -0.05) is 23.5 Å². The van der Waals surface area contributed by atoms with Gasteiger partial charge in [-0.15, -0.1) is 0 Å². The molecule has 26 heavy (non-hydrogen) atoms. The number of thioether (sulfide) groups is 3. The maximum Gasteiger partial charge on any atom is 0.302 e. The van der Waals surface area contributed by atoms with Crippen molar-refractivity contribution in [3.8, 4) is 0 Å². The van der Waals surface area contributed by atoms with E-state index >= 15 is 0 Å². The van der Waals surface area contributed by atoms with Crippen LogP contribution in [0.25, 0.3) is 0 Å². The smallest absolute Gasteiger partial charge is 0.302 e. The van der Waals surface area contributed by atoms with Gasteiger partial charge in [-0.25, -0.2) is 0 Å². The second kappa shape index (κ2) is 44.1. The van der Waals surface area contributed by atoms with Crippen LogP contribution in [-0.2, 0) is 33.4 Å². The number of methoxy groups -OCH3 is 3. The molecule has 0 spiro atoms. The first-order chi connectivity index (χ1) is 11.9. The van der Waals surface area contributed by atoms with Crippen molar-refractivity contribution in [1.29, 1.82) is 0 Å². The van der Waals surface area contributed by atoms with Gasteiger partial charge in [0, 0.05) is 41.9 Å². The number of rotatable bonds is 0. The number of hydrogen-bond donors (Lipinski definition) is 0. The van der Waals surface area contributed by atoms with Crippen LogP contribution in [0.4, 0.5) is 0 Å². The van der Waals surface area contributed by atoms with Crippen LogP contribution in [0.5, 0.6) is 0 Å². The summed E-state index contributed by atoms with van der Waals surface area (Å²) in [6.45, 7) is 5.81. The van der Waals surface area contributed by atoms with Crippen LogP contribution in [0.2, 0.25) is 0 Å². The normalized spacial score (nSPS) is 6.92. The average molecular weight is 437 g/mol. The van der Waals surface area contributed by atoms with Crippen LogP contribution in [0, 0.1) is 0 Å². The first-order valence-corrected chi connectivity index (χ1v) is 11.0. The predicted molar refractivity (Wildman–Crippen MR) is 116 cm³/mol. The molecule has 0 bridgehead atoms. The molecular formula is C16H36O7S3. The highest BCUT2D eigenvalue weighted by molar-refractivity contribution is 8.13. The summed E-state index contributed by atoms with van der Waals surface area (Å²) in [5.74, 6) is -0.491. The van der Waals surface area contributed by atoms with Gasteiger partial charge in [-0.3, -0.25) is 19.2 Å². The summed E-state index contributed by atoms with van der Waals surface area (Å²) >= 11 is 4.23. The fourth-order valence-corrected chi connectivity index (χ4v) is 0. The molecule has 0 aromatic heterocycles. The zero-order chi connectivity index (χ0) is 22.6. The first kappa shape index (κ1) is 40.1. The number of hydrogen-bond acceptors (Lipinski definition) is 10. The molecule has 0 saturated carbocycles. The van der Waals surface area contributed by atoms with Gasteiger partial charge in [0.15, 0.2) is 10.2 Å². The lowest BCUT2D eigenvalue weighted by atomic mass is 10.8. The Kier molecular flexibility index (Phi) is 68.0. The Hall–Kier alpha value is -0.710. The number of carbonyl (C=O) groups excluding carboxylic acids is 4. The highest BCUT2D eigenvalue weighted by Crippen LogP contribution is 1.88. The van der Waals surface area contributed by atoms with E-state index in [2.05, 4.69) is 14.2 Å². The molecule has 0 aromatic carbocycles. The van der Waals surface area contributed by atoms with E-state index in [1.54, 1.807) is 52.3 Å². The van der Waals surface area contributed by atoms with Crippen molar-refractivity contribution < 1.29 is 33.4 Å². The molecule has 0 aliphatic heterocycles. The summed E-state index contributed by atoms with van der Waals surface area (Å²) in [5.41, 5.74) is 0. The average Bonchev–Trinajstić information content (AvgIpc) is 2.57. The molecule has 0 fully saturated rings. The molecule has 7 nitrogen and oxygen atoms in total. The van der Waals surface area contributed by atoms with Gasteiger partial charge in [0.2, 0.25) is 0 Å². The van der Waals surface area contributed by atoms with Crippen LogP contribution in [0.1, 0.15) is 27.7 Å². The lowest BCUT2D eigenvalue weighted by Crippen LogP contribution is -1.88. The monoisotopic (exact) mass is 436 g/mol. The molecule has 0 atom stereocenters. The minimum atomic E-state index is -0.245. The molecule has 0 aliphatic carbocycles. The third kappa shape index (κ3) is 218. The lowest BCUT2D eigenvalue weighted by molar-refractivity contribution is -0.138. The zero-order valence-electron chi connectivity index (χ0n) is 18.1. The van der Waals surface area contributed by atoms with Crippen LogP contribution in [0.3, 0.4) is 0 Å². The second-order valence-electron chi connectivity index (χ2n) is 3.60. The minimum absolute atomic E-state index is 0.171. The largest absolute Gasteiger partial charge is 0.469 e. The second-order valence-corrected chi connectivity index (χ2v) is 6.38. The molecule has 160 valence electrons. The van der Waals surface area contributed by atoms with Crippen molar-refractivity contribution in [1.82, 2.24) is 0 Å². The fraction of sp³-hybridized carbons (Fsp3) is 0.750. The van der Waals surface area contributed by atoms with Gasteiger partial charge in [0.25, 0.3) is 0 Å². The molecule has 0 aromatic rings. The summed E-state index contributed by atoms with van der Waals surface area (Å²) in [7, 11) is 5.95. The Morgan fingerprint density at radius 1 is 0.577 bits per heavy atom. The third-order valence-corrected chi connectivity index (χ3v) is 2.30. The van der Waals surface area contributed by atoms with E-state index in [0.29, 0.717) is 0 Å². The van der Waals surface area contributed by atoms with Gasteiger partial charge in [0.1, 0.15) is 0 Å². The zero-order valence-corrected chi connectivity index (χ0v) is 20.5. The van der Waals surface area contributed by atoms with E-state index in [-0.39, 0.29) is 22.2 Å².